The van der Waals surface area contributed by atoms with Gasteiger partial charge < -0.3 is 9.47 Å². The molecule has 246 valence electrons. The van der Waals surface area contributed by atoms with E-state index in [1.165, 1.54) is 64.2 Å². The van der Waals surface area contributed by atoms with Gasteiger partial charge in [-0.1, -0.05) is 107 Å². The van der Waals surface area contributed by atoms with Gasteiger partial charge in [-0.25, -0.2) is 0 Å². The van der Waals surface area contributed by atoms with Crippen molar-refractivity contribution in [2.24, 2.45) is 0 Å². The molecule has 0 radical (unpaired) electrons. The number of rotatable bonds is 6. The fraction of sp³-hybridized carbons (Fsp3) is 0. The molecule has 2 nitrogen and oxygen atoms in total. The molecule has 2 aromatic heterocycles. The fourth-order valence-corrected chi connectivity index (χ4v) is 9.17. The molecule has 4 heteroatoms. The van der Waals surface area contributed by atoms with Crippen molar-refractivity contribution in [2.75, 3.05) is 4.90 Å². The van der Waals surface area contributed by atoms with E-state index in [4.69, 9.17) is 0 Å². The second kappa shape index (κ2) is 12.7. The van der Waals surface area contributed by atoms with E-state index in [1.807, 2.05) is 11.3 Å². The van der Waals surface area contributed by atoms with Crippen LogP contribution in [0.25, 0.3) is 69.9 Å². The molecule has 0 bridgehead atoms. The van der Waals surface area contributed by atoms with Crippen molar-refractivity contribution in [3.8, 4) is 27.9 Å². The number of nitrogens with zero attached hydrogens (tertiary/aromatic N) is 2. The largest absolute Gasteiger partial charge is 0.310 e. The quantitative estimate of drug-likeness (QED) is 0.164. The summed E-state index contributed by atoms with van der Waals surface area (Å²) in [6, 6.07) is 68.0. The van der Waals surface area contributed by atoms with Crippen molar-refractivity contribution in [3.05, 3.63) is 193 Å². The van der Waals surface area contributed by atoms with Crippen LogP contribution in [-0.4, -0.2) is 4.57 Å². The lowest BCUT2D eigenvalue weighted by Gasteiger charge is -2.25. The van der Waals surface area contributed by atoms with Crippen molar-refractivity contribution in [3.63, 3.8) is 0 Å². The van der Waals surface area contributed by atoms with Gasteiger partial charge in [-0.15, -0.1) is 11.3 Å². The first-order chi connectivity index (χ1) is 25.7. The van der Waals surface area contributed by atoms with E-state index in [-0.39, 0.29) is 0 Å². The van der Waals surface area contributed by atoms with Crippen LogP contribution in [0.1, 0.15) is 0 Å². The lowest BCUT2D eigenvalue weighted by atomic mass is 9.97. The normalized spacial score (nSPS) is 11.6. The Balaban J connectivity index is 1.04. The van der Waals surface area contributed by atoms with Gasteiger partial charge in [0.1, 0.15) is 0 Å². The Hall–Kier alpha value is -5.94. The molecular weight excluding hydrogens is 717 g/mol. The molecule has 52 heavy (non-hydrogen) atoms. The molecule has 0 unspecified atom stereocenters. The van der Waals surface area contributed by atoms with Crippen molar-refractivity contribution < 1.29 is 0 Å². The molecular formula is C48H31BrN2S. The summed E-state index contributed by atoms with van der Waals surface area (Å²) in [5.41, 5.74) is 11.8. The molecule has 0 spiro atoms. The van der Waals surface area contributed by atoms with Crippen LogP contribution in [0.3, 0.4) is 0 Å². The van der Waals surface area contributed by atoms with Crippen LogP contribution < -0.4 is 4.90 Å². The Morgan fingerprint density at radius 1 is 0.385 bits per heavy atom. The van der Waals surface area contributed by atoms with Crippen LogP contribution in [-0.2, 0) is 0 Å². The number of aromatic nitrogens is 1. The van der Waals surface area contributed by atoms with Crippen molar-refractivity contribution in [1.82, 2.24) is 4.57 Å². The van der Waals surface area contributed by atoms with E-state index >= 15 is 0 Å². The monoisotopic (exact) mass is 746 g/mol. The van der Waals surface area contributed by atoms with E-state index < -0.39 is 0 Å². The Bertz CT molecular complexity index is 2810. The Morgan fingerprint density at radius 2 is 0.904 bits per heavy atom. The molecule has 0 saturated carbocycles. The summed E-state index contributed by atoms with van der Waals surface area (Å²) in [7, 11) is 0. The summed E-state index contributed by atoms with van der Waals surface area (Å²) < 4.78 is 6.00. The second-order valence-electron chi connectivity index (χ2n) is 13.1. The summed E-state index contributed by atoms with van der Waals surface area (Å²) in [5, 5.41) is 5.09. The minimum absolute atomic E-state index is 1.06. The SMILES string of the molecule is Brc1cc(-c2ccc(-n3c4ccccc4c4ccccc43)cc2)cc(-c2ccc3sc4ccc(N(c5ccccc5)c5ccccc5)cc4c3c2)c1. The number of para-hydroxylation sites is 4. The first-order valence-corrected chi connectivity index (χ1v) is 19.1. The van der Waals surface area contributed by atoms with Crippen LogP contribution >= 0.6 is 27.3 Å². The number of benzene rings is 8. The van der Waals surface area contributed by atoms with Crippen LogP contribution in [0.4, 0.5) is 17.1 Å². The van der Waals surface area contributed by atoms with E-state index in [0.29, 0.717) is 0 Å². The average Bonchev–Trinajstić information content (AvgIpc) is 3.74. The van der Waals surface area contributed by atoms with Gasteiger partial charge in [-0.3, -0.25) is 0 Å². The highest BCUT2D eigenvalue weighted by molar-refractivity contribution is 9.10. The smallest absolute Gasteiger partial charge is 0.0541 e. The zero-order chi connectivity index (χ0) is 34.6. The van der Waals surface area contributed by atoms with Crippen LogP contribution in [0, 0.1) is 0 Å². The first kappa shape index (κ1) is 30.8. The van der Waals surface area contributed by atoms with Gasteiger partial charge in [0.05, 0.1) is 11.0 Å². The molecule has 0 amide bonds. The summed E-state index contributed by atoms with van der Waals surface area (Å²) in [4.78, 5) is 2.33. The van der Waals surface area contributed by atoms with Gasteiger partial charge in [-0.05, 0) is 119 Å². The van der Waals surface area contributed by atoms with Gasteiger partial charge >= 0.3 is 0 Å². The highest BCUT2D eigenvalue weighted by Crippen LogP contribution is 2.42. The number of anilines is 3. The summed E-state index contributed by atoms with van der Waals surface area (Å²) >= 11 is 5.70. The minimum Gasteiger partial charge on any atom is -0.310 e. The third-order valence-corrected chi connectivity index (χ3v) is 11.6. The lowest BCUT2D eigenvalue weighted by Crippen LogP contribution is -2.09. The number of hydrogen-bond acceptors (Lipinski definition) is 2. The third-order valence-electron chi connectivity index (χ3n) is 10.0. The minimum atomic E-state index is 1.06. The maximum atomic E-state index is 3.85. The predicted octanol–water partition coefficient (Wildman–Crippen LogP) is 14.7. The van der Waals surface area contributed by atoms with E-state index in [2.05, 4.69) is 213 Å². The van der Waals surface area contributed by atoms with Crippen LogP contribution in [0.15, 0.2) is 193 Å². The topological polar surface area (TPSA) is 8.17 Å². The number of halogens is 1. The molecule has 0 aliphatic carbocycles. The number of thiophene rings is 1. The molecule has 0 N–H and O–H groups in total. The zero-order valence-corrected chi connectivity index (χ0v) is 30.5. The van der Waals surface area contributed by atoms with Crippen molar-refractivity contribution in [1.29, 1.82) is 0 Å². The molecule has 0 atom stereocenters. The van der Waals surface area contributed by atoms with Crippen LogP contribution in [0.5, 0.6) is 0 Å². The average molecular weight is 748 g/mol. The van der Waals surface area contributed by atoms with Gasteiger partial charge in [0.25, 0.3) is 0 Å². The summed E-state index contributed by atoms with van der Waals surface area (Å²) in [5.74, 6) is 0. The van der Waals surface area contributed by atoms with E-state index in [0.717, 1.165) is 27.2 Å². The molecule has 10 rings (SSSR count). The molecule has 0 aliphatic rings. The summed E-state index contributed by atoms with van der Waals surface area (Å²) in [6.45, 7) is 0. The highest BCUT2D eigenvalue weighted by Gasteiger charge is 2.16. The standard InChI is InChI=1S/C48H31BrN2S/c49-36-28-34(32-19-22-39(23-20-32)51-45-17-9-7-15-41(45)42-16-8-10-18-46(42)51)27-35(29-36)33-21-25-47-43(30-33)44-31-40(24-26-48(44)52-47)50(37-11-3-1-4-12-37)38-13-5-2-6-14-38/h1-31H. The molecule has 0 saturated heterocycles. The summed E-state index contributed by atoms with van der Waals surface area (Å²) in [6.07, 6.45) is 0. The molecule has 8 aromatic carbocycles. The molecule has 0 fully saturated rings. The second-order valence-corrected chi connectivity index (χ2v) is 15.1. The Morgan fingerprint density at radius 3 is 1.54 bits per heavy atom. The van der Waals surface area contributed by atoms with Crippen molar-refractivity contribution >= 4 is 86.3 Å². The molecule has 10 aromatic rings. The Labute approximate surface area is 314 Å². The van der Waals surface area contributed by atoms with Gasteiger partial charge in [0, 0.05) is 58.2 Å². The van der Waals surface area contributed by atoms with Gasteiger partial charge in [0.15, 0.2) is 0 Å². The maximum absolute atomic E-state index is 3.85. The zero-order valence-electron chi connectivity index (χ0n) is 28.1. The molecule has 0 aliphatic heterocycles. The van der Waals surface area contributed by atoms with Crippen molar-refractivity contribution in [2.45, 2.75) is 0 Å². The fourth-order valence-electron chi connectivity index (χ4n) is 7.61. The van der Waals surface area contributed by atoms with E-state index in [1.54, 1.807) is 0 Å². The molecule has 2 heterocycles. The predicted molar refractivity (Wildman–Crippen MR) is 227 cm³/mol. The van der Waals surface area contributed by atoms with Crippen LogP contribution in [0.2, 0.25) is 0 Å². The Kier molecular flexibility index (Phi) is 7.52. The first-order valence-electron chi connectivity index (χ1n) is 17.4. The number of fused-ring (bicyclic) bond motifs is 6. The third kappa shape index (κ3) is 5.31. The van der Waals surface area contributed by atoms with Gasteiger partial charge in [-0.2, -0.15) is 0 Å². The highest BCUT2D eigenvalue weighted by atomic mass is 79.9. The lowest BCUT2D eigenvalue weighted by molar-refractivity contribution is 1.18. The maximum Gasteiger partial charge on any atom is 0.0541 e. The number of hydrogen-bond donors (Lipinski definition) is 0. The van der Waals surface area contributed by atoms with Gasteiger partial charge in [0.2, 0.25) is 0 Å². The van der Waals surface area contributed by atoms with E-state index in [9.17, 15) is 0 Å².